The van der Waals surface area contributed by atoms with E-state index in [0.29, 0.717) is 13.0 Å². The number of hydrogen-bond donors (Lipinski definition) is 4. The molecule has 0 spiro atoms. The summed E-state index contributed by atoms with van der Waals surface area (Å²) in [5, 5.41) is 23.8. The van der Waals surface area contributed by atoms with Gasteiger partial charge in [-0.3, -0.25) is 4.79 Å². The molecule has 1 atom stereocenters. The molecule has 15 heavy (non-hydrogen) atoms. The van der Waals surface area contributed by atoms with Crippen LogP contribution in [0, 0.1) is 0 Å². The van der Waals surface area contributed by atoms with Gasteiger partial charge in [0.25, 0.3) is 0 Å². The van der Waals surface area contributed by atoms with Crippen LogP contribution in [0.1, 0.15) is 27.2 Å². The fourth-order valence-corrected chi connectivity index (χ4v) is 1.01. The summed E-state index contributed by atoms with van der Waals surface area (Å²) in [6.45, 7) is 5.82. The molecule has 1 amide bonds. The highest BCUT2D eigenvalue weighted by molar-refractivity contribution is 5.76. The molecular formula is C10H22N2O3. The summed E-state index contributed by atoms with van der Waals surface area (Å²) in [6.07, 6.45) is 0.375. The van der Waals surface area contributed by atoms with Gasteiger partial charge in [-0.2, -0.15) is 0 Å². The number of rotatable bonds is 7. The van der Waals surface area contributed by atoms with E-state index in [4.69, 9.17) is 5.11 Å². The normalized spacial score (nSPS) is 15.1. The van der Waals surface area contributed by atoms with E-state index in [-0.39, 0.29) is 25.1 Å². The maximum atomic E-state index is 11.2. The highest BCUT2D eigenvalue weighted by atomic mass is 16.3. The molecule has 4 N–H and O–H groups in total. The molecule has 0 radical (unpaired) electrons. The molecule has 0 aliphatic carbocycles. The molecule has 0 aromatic heterocycles. The SMILES string of the molecule is CC(C)NC(=O)CCNCC(C)(O)CO. The lowest BCUT2D eigenvalue weighted by atomic mass is 10.1. The largest absolute Gasteiger partial charge is 0.393 e. The van der Waals surface area contributed by atoms with Crippen LogP contribution in [0.5, 0.6) is 0 Å². The zero-order valence-electron chi connectivity index (χ0n) is 9.71. The van der Waals surface area contributed by atoms with Gasteiger partial charge in [0, 0.05) is 25.6 Å². The van der Waals surface area contributed by atoms with Gasteiger partial charge in [0.1, 0.15) is 0 Å². The molecule has 0 bridgehead atoms. The Bertz CT molecular complexity index is 193. The second-order valence-electron chi connectivity index (χ2n) is 4.30. The van der Waals surface area contributed by atoms with E-state index < -0.39 is 5.60 Å². The number of hydrogen-bond acceptors (Lipinski definition) is 4. The minimum atomic E-state index is -1.12. The van der Waals surface area contributed by atoms with Crippen molar-refractivity contribution in [3.05, 3.63) is 0 Å². The topological polar surface area (TPSA) is 81.6 Å². The fourth-order valence-electron chi connectivity index (χ4n) is 1.01. The fraction of sp³-hybridized carbons (Fsp3) is 0.900. The molecule has 0 heterocycles. The average molecular weight is 218 g/mol. The lowest BCUT2D eigenvalue weighted by molar-refractivity contribution is -0.121. The van der Waals surface area contributed by atoms with Crippen LogP contribution in [0.4, 0.5) is 0 Å². The number of carbonyl (C=O) groups is 1. The predicted molar refractivity (Wildman–Crippen MR) is 58.5 cm³/mol. The van der Waals surface area contributed by atoms with Crippen molar-refractivity contribution in [1.29, 1.82) is 0 Å². The molecule has 5 nitrogen and oxygen atoms in total. The Balaban J connectivity index is 3.50. The molecule has 0 fully saturated rings. The van der Waals surface area contributed by atoms with Crippen LogP contribution in [0.2, 0.25) is 0 Å². The summed E-state index contributed by atoms with van der Waals surface area (Å²) in [5.74, 6) is -0.0128. The van der Waals surface area contributed by atoms with E-state index in [2.05, 4.69) is 10.6 Å². The second kappa shape index (κ2) is 6.76. The molecule has 0 rings (SSSR count). The van der Waals surface area contributed by atoms with Crippen LogP contribution in [-0.2, 0) is 4.79 Å². The monoisotopic (exact) mass is 218 g/mol. The first-order valence-corrected chi connectivity index (χ1v) is 5.21. The van der Waals surface area contributed by atoms with Crippen molar-refractivity contribution < 1.29 is 15.0 Å². The average Bonchev–Trinajstić information content (AvgIpc) is 2.11. The summed E-state index contributed by atoms with van der Waals surface area (Å²) in [6, 6.07) is 0.151. The van der Waals surface area contributed by atoms with Crippen LogP contribution < -0.4 is 10.6 Å². The smallest absolute Gasteiger partial charge is 0.221 e. The van der Waals surface area contributed by atoms with Crippen LogP contribution in [-0.4, -0.2) is 47.5 Å². The van der Waals surface area contributed by atoms with Crippen LogP contribution in [0.25, 0.3) is 0 Å². The minimum Gasteiger partial charge on any atom is -0.393 e. The Labute approximate surface area is 90.9 Å². The lowest BCUT2D eigenvalue weighted by Crippen LogP contribution is -2.42. The predicted octanol–water partition coefficient (Wildman–Crippen LogP) is -0.766. The molecule has 0 saturated heterocycles. The molecule has 1 unspecified atom stereocenters. The summed E-state index contributed by atoms with van der Waals surface area (Å²) >= 11 is 0. The molecule has 0 aliphatic rings. The van der Waals surface area contributed by atoms with E-state index >= 15 is 0 Å². The van der Waals surface area contributed by atoms with E-state index in [1.54, 1.807) is 0 Å². The number of amides is 1. The van der Waals surface area contributed by atoms with Crippen LogP contribution in [0.3, 0.4) is 0 Å². The molecule has 0 aliphatic heterocycles. The minimum absolute atomic E-state index is 0.0128. The number of nitrogens with one attached hydrogen (secondary N) is 2. The van der Waals surface area contributed by atoms with Gasteiger partial charge in [-0.25, -0.2) is 0 Å². The second-order valence-corrected chi connectivity index (χ2v) is 4.30. The van der Waals surface area contributed by atoms with E-state index in [1.165, 1.54) is 6.92 Å². The summed E-state index contributed by atoms with van der Waals surface area (Å²) in [7, 11) is 0. The Morgan fingerprint density at radius 2 is 2.07 bits per heavy atom. The Morgan fingerprint density at radius 3 is 2.53 bits per heavy atom. The third kappa shape index (κ3) is 8.35. The molecular weight excluding hydrogens is 196 g/mol. The summed E-state index contributed by atoms with van der Waals surface area (Å²) in [5.41, 5.74) is -1.12. The van der Waals surface area contributed by atoms with E-state index in [0.717, 1.165) is 0 Å². The van der Waals surface area contributed by atoms with Crippen molar-refractivity contribution in [3.63, 3.8) is 0 Å². The third-order valence-electron chi connectivity index (χ3n) is 1.82. The number of carbonyl (C=O) groups excluding carboxylic acids is 1. The molecule has 0 aromatic carbocycles. The van der Waals surface area contributed by atoms with Gasteiger partial charge in [-0.05, 0) is 20.8 Å². The van der Waals surface area contributed by atoms with Gasteiger partial charge < -0.3 is 20.8 Å². The molecule has 0 aromatic rings. The van der Waals surface area contributed by atoms with Gasteiger partial charge in [-0.15, -0.1) is 0 Å². The first-order valence-electron chi connectivity index (χ1n) is 5.21. The highest BCUT2D eigenvalue weighted by Gasteiger charge is 2.17. The lowest BCUT2D eigenvalue weighted by Gasteiger charge is -2.20. The Kier molecular flexibility index (Phi) is 6.47. The van der Waals surface area contributed by atoms with Crippen LogP contribution >= 0.6 is 0 Å². The molecule has 90 valence electrons. The zero-order valence-corrected chi connectivity index (χ0v) is 9.71. The first-order chi connectivity index (χ1) is 6.87. The number of aliphatic hydroxyl groups is 2. The van der Waals surface area contributed by atoms with E-state index in [1.807, 2.05) is 13.8 Å². The maximum absolute atomic E-state index is 11.2. The quantitative estimate of drug-likeness (QED) is 0.423. The Hall–Kier alpha value is -0.650. The molecule has 5 heteroatoms. The maximum Gasteiger partial charge on any atom is 0.221 e. The third-order valence-corrected chi connectivity index (χ3v) is 1.82. The molecule has 0 saturated carbocycles. The highest BCUT2D eigenvalue weighted by Crippen LogP contribution is 1.98. The van der Waals surface area contributed by atoms with Crippen molar-refractivity contribution in [2.45, 2.75) is 38.8 Å². The van der Waals surface area contributed by atoms with E-state index in [9.17, 15) is 9.90 Å². The zero-order chi connectivity index (χ0) is 11.9. The van der Waals surface area contributed by atoms with Crippen molar-refractivity contribution in [2.24, 2.45) is 0 Å². The standard InChI is InChI=1S/C10H22N2O3/c1-8(2)12-9(14)4-5-11-6-10(3,15)7-13/h8,11,13,15H,4-7H2,1-3H3,(H,12,14). The van der Waals surface area contributed by atoms with Crippen LogP contribution in [0.15, 0.2) is 0 Å². The van der Waals surface area contributed by atoms with Gasteiger partial charge in [0.05, 0.1) is 12.2 Å². The first kappa shape index (κ1) is 14.3. The van der Waals surface area contributed by atoms with Gasteiger partial charge in [0.15, 0.2) is 0 Å². The Morgan fingerprint density at radius 1 is 1.47 bits per heavy atom. The summed E-state index contributed by atoms with van der Waals surface area (Å²) < 4.78 is 0. The van der Waals surface area contributed by atoms with Crippen molar-refractivity contribution in [2.75, 3.05) is 19.7 Å². The van der Waals surface area contributed by atoms with Crippen molar-refractivity contribution >= 4 is 5.91 Å². The number of aliphatic hydroxyl groups excluding tert-OH is 1. The van der Waals surface area contributed by atoms with Crippen molar-refractivity contribution in [3.8, 4) is 0 Å². The van der Waals surface area contributed by atoms with Gasteiger partial charge in [0.2, 0.25) is 5.91 Å². The van der Waals surface area contributed by atoms with Gasteiger partial charge in [-0.1, -0.05) is 0 Å². The van der Waals surface area contributed by atoms with Gasteiger partial charge >= 0.3 is 0 Å². The summed E-state index contributed by atoms with van der Waals surface area (Å²) in [4.78, 5) is 11.2. The van der Waals surface area contributed by atoms with Crippen molar-refractivity contribution in [1.82, 2.24) is 10.6 Å².